The molecule has 51 heteroatoms. The van der Waals surface area contributed by atoms with Crippen LogP contribution in [-0.4, -0.2) is 260 Å². The molecule has 0 spiro atoms. The molecule has 0 bridgehead atoms. The van der Waals surface area contributed by atoms with E-state index in [0.717, 1.165) is 184 Å². The van der Waals surface area contributed by atoms with Crippen molar-refractivity contribution in [2.24, 2.45) is 10.8 Å². The third-order valence-corrected chi connectivity index (χ3v) is 25.5. The van der Waals surface area contributed by atoms with Crippen molar-refractivity contribution in [2.75, 3.05) is 108 Å². The third-order valence-electron chi connectivity index (χ3n) is 24.8. The number of halogens is 4. The number of nitro groups is 2. The Kier molecular flexibility index (Phi) is 43.0. The van der Waals surface area contributed by atoms with Gasteiger partial charge in [0, 0.05) is 155 Å². The number of hydrogen-bond donors (Lipinski definition) is 7. The van der Waals surface area contributed by atoms with Gasteiger partial charge < -0.3 is 66.1 Å². The first-order chi connectivity index (χ1) is 70.4. The number of aliphatic hydroxyl groups is 1. The molecule has 4 amide bonds. The number of nitriles is 2. The van der Waals surface area contributed by atoms with Crippen LogP contribution in [0.15, 0.2) is 135 Å². The monoisotopic (exact) mass is 2100 g/mol. The van der Waals surface area contributed by atoms with Crippen LogP contribution in [0.5, 0.6) is 17.2 Å². The molecule has 149 heavy (non-hydrogen) atoms. The highest BCUT2D eigenvalue weighted by molar-refractivity contribution is 7.86. The summed E-state index contributed by atoms with van der Waals surface area (Å²) in [6.07, 6.45) is 34.2. The molecule has 0 radical (unpaired) electrons. The van der Waals surface area contributed by atoms with E-state index in [1.165, 1.54) is 69.0 Å². The maximum Gasteiger partial charge on any atom is 0.310 e. The molecular weight excluding hydrogens is 1980 g/mol. The second-order valence-corrected chi connectivity index (χ2v) is 37.9. The molecule has 7 aliphatic rings. The van der Waals surface area contributed by atoms with Gasteiger partial charge in [0.1, 0.15) is 31.4 Å². The number of aromatic hydroxyl groups is 2. The molecule has 7 fully saturated rings. The number of amides is 4. The number of anilines is 5. The van der Waals surface area contributed by atoms with Gasteiger partial charge in [0.2, 0.25) is 40.8 Å². The van der Waals surface area contributed by atoms with E-state index in [2.05, 4.69) is 86.3 Å². The Bertz CT molecular complexity index is 6610. The number of rotatable bonds is 20. The fraction of sp³-hybridized carbons (Fsp3) is 0.459. The van der Waals surface area contributed by atoms with E-state index in [0.29, 0.717) is 76.5 Å². The first-order valence-electron chi connectivity index (χ1n) is 47.3. The number of benzene rings is 3. The number of hydrogen-bond acceptors (Lipinski definition) is 35. The minimum atomic E-state index is -3.38. The molecule has 11 aromatic rings. The van der Waals surface area contributed by atoms with Gasteiger partial charge in [0.25, 0.3) is 10.1 Å². The van der Waals surface area contributed by atoms with Crippen molar-refractivity contribution in [2.45, 2.75) is 190 Å². The molecule has 5 aliphatic heterocycles. The highest BCUT2D eigenvalue weighted by atomic mass is 35.5. The summed E-state index contributed by atoms with van der Waals surface area (Å²) in [5.74, 6) is -2.45. The Morgan fingerprint density at radius 3 is 1.14 bits per heavy atom. The molecule has 18 rings (SSSR count). The average Bonchev–Trinajstić information content (AvgIpc) is 1.68. The maximum absolute atomic E-state index is 14.8. The number of aliphatic hydroxyl groups excluding tert-OH is 1. The van der Waals surface area contributed by atoms with Crippen LogP contribution in [0.2, 0.25) is 5.28 Å². The molecular formula is C98H124ClF3N28O18S. The number of nitrogens with one attached hydrogen (secondary N) is 3. The van der Waals surface area contributed by atoms with Crippen LogP contribution in [0.3, 0.4) is 0 Å². The highest BCUT2D eigenvalue weighted by Gasteiger charge is 2.45. The fourth-order valence-corrected chi connectivity index (χ4v) is 16.6. The van der Waals surface area contributed by atoms with E-state index >= 15 is 0 Å². The highest BCUT2D eigenvalue weighted by Crippen LogP contribution is 2.47. The van der Waals surface area contributed by atoms with Crippen LogP contribution < -0.4 is 26.4 Å². The molecule has 8 N–H and O–H groups in total. The Morgan fingerprint density at radius 2 is 0.826 bits per heavy atom. The van der Waals surface area contributed by atoms with Crippen molar-refractivity contribution in [1.29, 1.82) is 10.5 Å². The second-order valence-electron chi connectivity index (χ2n) is 35.9. The lowest BCUT2D eigenvalue weighted by molar-refractivity contribution is -0.385. The number of ether oxygens (including phenoxy) is 2. The number of piperidine rings is 5. The van der Waals surface area contributed by atoms with Gasteiger partial charge in [0.15, 0.2) is 34.7 Å². The van der Waals surface area contributed by atoms with Gasteiger partial charge in [-0.25, -0.2) is 43.1 Å². The van der Waals surface area contributed by atoms with Gasteiger partial charge in [-0.15, -0.1) is 0 Å². The first-order valence-corrected chi connectivity index (χ1v) is 49.5. The number of phenolic OH excluding ortho intramolecular Hbond substituents is 2. The molecule has 3 aromatic carbocycles. The summed E-state index contributed by atoms with van der Waals surface area (Å²) >= 11 is 5.67. The smallest absolute Gasteiger partial charge is 0.310 e. The number of nitrogens with zero attached hydrogens (tertiary/aromatic N) is 24. The average molecular weight is 2110 g/mol. The SMILES string of the molecule is C.CC(=O)N1CCC(n2cc(N)cn2)CC1.CC(=O)N1CCC(n2cc(Nc3ncc(C)c(-c4ccc(O)c(F)c4)n3)cn2)CC1.CC(=O)N1CCC(n2cc(Nc3ncc(C)c(-c4ccc(OCC5(C#N)CC5)c(F)c4)n3)cn2)CC1.CC(=O)N1CCC(n2cc([N+](=O)[O-])cn2)CC1.CC(=O)OC(C)=O.CO.CS(=O)(=O)OCC1(C#N)CC1.Cc1cnc(Cl)nc1-c1ccc(O)c(F)c1.O=[N+]([O-])c1cnn(C2CCNCC2)c1. The Labute approximate surface area is 863 Å². The van der Waals surface area contributed by atoms with Gasteiger partial charge in [-0.3, -0.25) is 76.6 Å². The molecule has 5 saturated heterocycles. The Morgan fingerprint density at radius 1 is 0.497 bits per heavy atom. The third kappa shape index (κ3) is 35.4. The van der Waals surface area contributed by atoms with E-state index in [9.17, 15) is 81.0 Å². The predicted molar refractivity (Wildman–Crippen MR) is 542 cm³/mol. The van der Waals surface area contributed by atoms with Crippen LogP contribution in [0, 0.1) is 91.9 Å². The number of esters is 2. The number of nitrogens with two attached hydrogens (primary N) is 1. The fourth-order valence-electron chi connectivity index (χ4n) is 16.0. The Hall–Kier alpha value is -15.5. The van der Waals surface area contributed by atoms with Crippen molar-refractivity contribution in [3.8, 4) is 63.2 Å². The van der Waals surface area contributed by atoms with Crippen LogP contribution in [0.1, 0.15) is 186 Å². The molecule has 2 saturated carbocycles. The maximum atomic E-state index is 14.8. The lowest BCUT2D eigenvalue weighted by Crippen LogP contribution is -2.37. The van der Waals surface area contributed by atoms with Gasteiger partial charge >= 0.3 is 23.3 Å². The summed E-state index contributed by atoms with van der Waals surface area (Å²) in [4.78, 5) is 118. The second kappa shape index (κ2) is 54.8. The number of likely N-dealkylation sites (tertiary alicyclic amines) is 4. The van der Waals surface area contributed by atoms with Gasteiger partial charge in [-0.1, -0.05) is 7.43 Å². The van der Waals surface area contributed by atoms with E-state index in [1.54, 1.807) is 110 Å². The van der Waals surface area contributed by atoms with Crippen LogP contribution in [0.4, 0.5) is 53.5 Å². The van der Waals surface area contributed by atoms with Crippen molar-refractivity contribution >= 4 is 97.6 Å². The standard InChI is InChI=1S/C26H28FN7O2.C21H23FN6O2.C11H8ClFN2O.C10H14N4O3.C10H16N4O.C8H12N4O2.C6H9NO3S.C4H6O3.CH4O.CH4/c1-17-12-29-25(31-20-13-30-34(14-20)21-5-9-33(10-6-21)18(2)35)32-24(17)19-3-4-23(22(27)11-19)36-16-26(15-28)7-8-26;1-13-10-23-21(26-20(13)15-3-4-19(30)18(22)9-15)25-16-11-24-28(12-16)17-5-7-27(8-6-17)14(2)29;1-6-5-14-11(12)15-10(6)7-2-3-9(16)8(13)4-7;1-8(15)12-4-2-9(3-5-12)13-7-10(6-11-13)14(16)17;1-8(15)13-4-2-10(3-5-13)14-7-9(11)6-12-14;13-12(14)8-5-10-11(6-8)7-1-3-9-4-2-7;1-11(8,9)10-5-6(4-7)2-3-6;1-3(5)7-4(2)6;1-2;/h3-4,11-14,21H,5-10,16H2,1-2H3,(H,29,31,32);3-4,9-12,17,30H,5-8H2,1-2H3,(H,23,25,26);2-5,16H,1H3;6-7,9H,2-5H2,1H3;6-7,10H,2-5,11H2,1H3;5-7,9H,1-4H2;2-3,5H2,1H3;1-2H3;2H,1H3;1H4. The van der Waals surface area contributed by atoms with E-state index in [1.807, 2.05) is 67.3 Å². The van der Waals surface area contributed by atoms with Crippen molar-refractivity contribution in [3.05, 3.63) is 195 Å². The van der Waals surface area contributed by atoms with Crippen LogP contribution in [0.25, 0.3) is 33.8 Å². The molecule has 8 aromatic heterocycles. The van der Waals surface area contributed by atoms with Crippen molar-refractivity contribution < 1.29 is 89.2 Å². The lowest BCUT2D eigenvalue weighted by atomic mass is 10.1. The molecule has 2 aliphatic carbocycles. The number of carbonyl (C=O) groups is 6. The lowest BCUT2D eigenvalue weighted by Gasteiger charge is -2.31. The number of nitrogen functional groups attached to an aromatic ring is 1. The first kappa shape index (κ1) is 117. The van der Waals surface area contributed by atoms with Crippen LogP contribution >= 0.6 is 11.6 Å². The van der Waals surface area contributed by atoms with Gasteiger partial charge in [-0.2, -0.15) is 44.4 Å². The minimum Gasteiger partial charge on any atom is -0.505 e. The van der Waals surface area contributed by atoms with E-state index < -0.39 is 65.9 Å². The van der Waals surface area contributed by atoms with Crippen molar-refractivity contribution in [3.63, 3.8) is 0 Å². The molecule has 798 valence electrons. The quantitative estimate of drug-likeness (QED) is 0.00930. The Balaban J connectivity index is 0.000000197. The molecule has 0 atom stereocenters. The normalized spacial score (nSPS) is 15.6. The predicted octanol–water partition coefficient (Wildman–Crippen LogP) is 13.7. The summed E-state index contributed by atoms with van der Waals surface area (Å²) in [7, 11) is -2.38. The number of phenols is 2. The number of aromatic nitrogens is 16. The summed E-state index contributed by atoms with van der Waals surface area (Å²) in [6.45, 7) is 22.3. The summed E-state index contributed by atoms with van der Waals surface area (Å²) < 4.78 is 85.8. The zero-order valence-electron chi connectivity index (χ0n) is 83.7. The van der Waals surface area contributed by atoms with Crippen molar-refractivity contribution in [1.82, 2.24) is 104 Å². The summed E-state index contributed by atoms with van der Waals surface area (Å²) in [6, 6.07) is 18.6. The largest absolute Gasteiger partial charge is 0.505 e. The molecule has 13 heterocycles. The minimum absolute atomic E-state index is 0. The number of carbonyl (C=O) groups excluding carboxylic acids is 6. The zero-order valence-corrected chi connectivity index (χ0v) is 85.2. The van der Waals surface area contributed by atoms with E-state index in [4.69, 9.17) is 37.5 Å². The number of aryl methyl sites for hydroxylation is 3. The van der Waals surface area contributed by atoms with Gasteiger partial charge in [0.05, 0.1) is 129 Å². The zero-order chi connectivity index (χ0) is 108. The van der Waals surface area contributed by atoms with E-state index in [-0.39, 0.29) is 90.6 Å². The topological polar surface area (TPSA) is 600 Å². The summed E-state index contributed by atoms with van der Waals surface area (Å²) in [5.41, 5.74) is 12.8. The van der Waals surface area contributed by atoms with Crippen LogP contribution in [-0.2, 0) is 47.8 Å². The summed E-state index contributed by atoms with van der Waals surface area (Å²) in [5, 5.41) is 95.0. The van der Waals surface area contributed by atoms with Gasteiger partial charge in [-0.05, 0) is 207 Å². The molecule has 46 nitrogen and oxygen atoms in total. The molecule has 0 unspecified atom stereocenters.